The molecule has 2 amide bonds. The number of anilines is 3. The minimum Gasteiger partial charge on any atom is -0.497 e. The van der Waals surface area contributed by atoms with Gasteiger partial charge in [0.2, 0.25) is 5.91 Å². The zero-order valence-electron chi connectivity index (χ0n) is 16.1. The molecule has 28 heavy (non-hydrogen) atoms. The lowest BCUT2D eigenvalue weighted by molar-refractivity contribution is -0.129. The number of likely N-dealkylation sites (tertiary alicyclic amines) is 1. The normalized spacial score (nSPS) is 16.4. The van der Waals surface area contributed by atoms with Crippen molar-refractivity contribution in [1.29, 1.82) is 0 Å². The smallest absolute Gasteiger partial charge is 0.252 e. The molecule has 1 fully saturated rings. The summed E-state index contributed by atoms with van der Waals surface area (Å²) in [6.07, 6.45) is 3.28. The minimum absolute atomic E-state index is 0.0481. The Balaban J connectivity index is 1.79. The summed E-state index contributed by atoms with van der Waals surface area (Å²) in [7, 11) is 1.61. The molecule has 4 N–H and O–H groups in total. The number of benzene rings is 1. The summed E-state index contributed by atoms with van der Waals surface area (Å²) in [5.41, 5.74) is 7.28. The molecule has 1 aliphatic heterocycles. The minimum atomic E-state index is -0.551. The van der Waals surface area contributed by atoms with Gasteiger partial charge >= 0.3 is 0 Å². The van der Waals surface area contributed by atoms with Gasteiger partial charge in [0.15, 0.2) is 0 Å². The lowest BCUT2D eigenvalue weighted by Crippen LogP contribution is -2.44. The van der Waals surface area contributed by atoms with Crippen LogP contribution in [0.2, 0.25) is 0 Å². The number of aromatic nitrogens is 1. The predicted octanol–water partition coefficient (Wildman–Crippen LogP) is 2.36. The number of nitrogens with two attached hydrogens (primary N) is 1. The van der Waals surface area contributed by atoms with E-state index >= 15 is 0 Å². The molecule has 0 spiro atoms. The molecule has 1 aliphatic rings. The van der Waals surface area contributed by atoms with Crippen LogP contribution in [-0.2, 0) is 4.79 Å². The maximum Gasteiger partial charge on any atom is 0.252 e. The highest BCUT2D eigenvalue weighted by Crippen LogP contribution is 2.25. The molecule has 148 valence electrons. The fourth-order valence-corrected chi connectivity index (χ4v) is 3.26. The third-order valence-electron chi connectivity index (χ3n) is 4.76. The average Bonchev–Trinajstić information content (AvgIpc) is 2.69. The maximum atomic E-state index is 11.8. The van der Waals surface area contributed by atoms with E-state index in [-0.39, 0.29) is 11.9 Å². The van der Waals surface area contributed by atoms with E-state index in [2.05, 4.69) is 15.6 Å². The van der Waals surface area contributed by atoms with Crippen molar-refractivity contribution in [2.75, 3.05) is 30.8 Å². The summed E-state index contributed by atoms with van der Waals surface area (Å²) >= 11 is 0. The van der Waals surface area contributed by atoms with E-state index < -0.39 is 5.91 Å². The van der Waals surface area contributed by atoms with E-state index in [9.17, 15) is 9.59 Å². The average molecular weight is 383 g/mol. The lowest BCUT2D eigenvalue weighted by atomic mass is 10.0. The number of pyridine rings is 1. The summed E-state index contributed by atoms with van der Waals surface area (Å²) in [6.45, 7) is 2.93. The van der Waals surface area contributed by atoms with Crippen LogP contribution in [-0.4, -0.2) is 47.9 Å². The second kappa shape index (κ2) is 8.60. The van der Waals surface area contributed by atoms with Gasteiger partial charge in [-0.3, -0.25) is 9.59 Å². The van der Waals surface area contributed by atoms with Crippen molar-refractivity contribution in [2.45, 2.75) is 25.8 Å². The molecule has 1 atom stereocenters. The zero-order chi connectivity index (χ0) is 20.1. The molecule has 0 radical (unpaired) electrons. The number of methoxy groups -OCH3 is 1. The number of hydrogen-bond acceptors (Lipinski definition) is 6. The third-order valence-corrected chi connectivity index (χ3v) is 4.76. The molecule has 0 bridgehead atoms. The van der Waals surface area contributed by atoms with Crippen molar-refractivity contribution in [2.24, 2.45) is 5.73 Å². The van der Waals surface area contributed by atoms with E-state index in [0.717, 1.165) is 30.8 Å². The van der Waals surface area contributed by atoms with Gasteiger partial charge in [0, 0.05) is 44.0 Å². The highest BCUT2D eigenvalue weighted by Gasteiger charge is 2.23. The fourth-order valence-electron chi connectivity index (χ4n) is 3.26. The molecule has 0 unspecified atom stereocenters. The van der Waals surface area contributed by atoms with Gasteiger partial charge in [-0.15, -0.1) is 0 Å². The van der Waals surface area contributed by atoms with Crippen molar-refractivity contribution in [3.63, 3.8) is 0 Å². The van der Waals surface area contributed by atoms with Crippen molar-refractivity contribution in [3.8, 4) is 5.75 Å². The number of nitrogens with zero attached hydrogens (tertiary/aromatic N) is 2. The molecule has 8 heteroatoms. The van der Waals surface area contributed by atoms with Crippen molar-refractivity contribution >= 4 is 29.0 Å². The number of ether oxygens (including phenoxy) is 1. The number of nitrogens with one attached hydrogen (secondary N) is 2. The van der Waals surface area contributed by atoms with Gasteiger partial charge in [0.05, 0.1) is 18.4 Å². The largest absolute Gasteiger partial charge is 0.497 e. The first-order valence-corrected chi connectivity index (χ1v) is 9.19. The molecule has 1 saturated heterocycles. The topological polar surface area (TPSA) is 110 Å². The van der Waals surface area contributed by atoms with Gasteiger partial charge < -0.3 is 26.0 Å². The zero-order valence-corrected chi connectivity index (χ0v) is 16.1. The van der Waals surface area contributed by atoms with Crippen LogP contribution in [0.1, 0.15) is 30.1 Å². The monoisotopic (exact) mass is 383 g/mol. The molecule has 1 aromatic heterocycles. The summed E-state index contributed by atoms with van der Waals surface area (Å²) in [4.78, 5) is 29.6. The number of hydrogen-bond donors (Lipinski definition) is 3. The molecule has 2 aromatic rings. The van der Waals surface area contributed by atoms with E-state index in [0.29, 0.717) is 23.6 Å². The van der Waals surface area contributed by atoms with Gasteiger partial charge in [-0.1, -0.05) is 0 Å². The van der Waals surface area contributed by atoms with Gasteiger partial charge in [0.25, 0.3) is 5.91 Å². The number of amides is 2. The van der Waals surface area contributed by atoms with Crippen LogP contribution in [0.5, 0.6) is 5.75 Å². The van der Waals surface area contributed by atoms with Gasteiger partial charge in [0.1, 0.15) is 11.6 Å². The Hall–Kier alpha value is -3.29. The van der Waals surface area contributed by atoms with Crippen LogP contribution in [0, 0.1) is 0 Å². The highest BCUT2D eigenvalue weighted by molar-refractivity contribution is 5.98. The first kappa shape index (κ1) is 19.5. The van der Waals surface area contributed by atoms with E-state index in [1.807, 2.05) is 29.2 Å². The first-order chi connectivity index (χ1) is 13.5. The van der Waals surface area contributed by atoms with Gasteiger partial charge in [-0.05, 0) is 37.1 Å². The SMILES string of the molecule is COc1ccc(Nc2cc(N[C@H]3CCCN(C(C)=O)C3)c(C(N)=O)cn2)cc1. The Kier molecular flexibility index (Phi) is 5.98. The number of piperidine rings is 1. The molecule has 8 nitrogen and oxygen atoms in total. The van der Waals surface area contributed by atoms with Crippen LogP contribution < -0.4 is 21.1 Å². The van der Waals surface area contributed by atoms with Gasteiger partial charge in [-0.25, -0.2) is 4.98 Å². The Morgan fingerprint density at radius 1 is 1.29 bits per heavy atom. The lowest BCUT2D eigenvalue weighted by Gasteiger charge is -2.33. The van der Waals surface area contributed by atoms with Crippen molar-refractivity contribution < 1.29 is 14.3 Å². The van der Waals surface area contributed by atoms with Crippen molar-refractivity contribution in [3.05, 3.63) is 42.1 Å². The molecular weight excluding hydrogens is 358 g/mol. The molecule has 0 saturated carbocycles. The summed E-state index contributed by atoms with van der Waals surface area (Å²) in [5.74, 6) is 0.845. The number of primary amides is 1. The molecule has 2 heterocycles. The van der Waals surface area contributed by atoms with Crippen LogP contribution in [0.15, 0.2) is 36.5 Å². The maximum absolute atomic E-state index is 11.8. The molecule has 0 aliphatic carbocycles. The third kappa shape index (κ3) is 4.70. The summed E-state index contributed by atoms with van der Waals surface area (Å²) < 4.78 is 5.16. The van der Waals surface area contributed by atoms with Gasteiger partial charge in [-0.2, -0.15) is 0 Å². The summed E-state index contributed by atoms with van der Waals surface area (Å²) in [5, 5.41) is 6.57. The van der Waals surface area contributed by atoms with Crippen LogP contribution in [0.25, 0.3) is 0 Å². The number of carbonyl (C=O) groups is 2. The second-order valence-corrected chi connectivity index (χ2v) is 6.78. The standard InChI is InChI=1S/C20H25N5O3/c1-13(26)25-9-3-4-15(12-25)23-18-10-19(22-11-17(18)20(21)27)24-14-5-7-16(28-2)8-6-14/h5-8,10-11,15H,3-4,9,12H2,1-2H3,(H2,21,27)(H2,22,23,24)/t15-/m0/s1. The fraction of sp³-hybridized carbons (Fsp3) is 0.350. The van der Waals surface area contributed by atoms with Crippen LogP contribution in [0.3, 0.4) is 0 Å². The van der Waals surface area contributed by atoms with Crippen LogP contribution in [0.4, 0.5) is 17.2 Å². The Morgan fingerprint density at radius 3 is 2.68 bits per heavy atom. The molecular formula is C20H25N5O3. The Bertz CT molecular complexity index is 853. The predicted molar refractivity (Wildman–Crippen MR) is 108 cm³/mol. The Morgan fingerprint density at radius 2 is 2.04 bits per heavy atom. The number of rotatable bonds is 6. The molecule has 1 aromatic carbocycles. The van der Waals surface area contributed by atoms with Crippen LogP contribution >= 0.6 is 0 Å². The second-order valence-electron chi connectivity index (χ2n) is 6.78. The number of carbonyl (C=O) groups excluding carboxylic acids is 2. The first-order valence-electron chi connectivity index (χ1n) is 9.19. The van der Waals surface area contributed by atoms with Crippen molar-refractivity contribution in [1.82, 2.24) is 9.88 Å². The Labute approximate surface area is 164 Å². The van der Waals surface area contributed by atoms with E-state index in [4.69, 9.17) is 10.5 Å². The summed E-state index contributed by atoms with van der Waals surface area (Å²) in [6, 6.07) is 9.25. The van der Waals surface area contributed by atoms with E-state index in [1.165, 1.54) is 6.20 Å². The highest BCUT2D eigenvalue weighted by atomic mass is 16.5. The quantitative estimate of drug-likeness (QED) is 0.706. The molecule has 3 rings (SSSR count). The van der Waals surface area contributed by atoms with E-state index in [1.54, 1.807) is 20.1 Å².